The largest absolute Gasteiger partial charge is 0.497 e. The summed E-state index contributed by atoms with van der Waals surface area (Å²) in [4.78, 5) is 24.3. The van der Waals surface area contributed by atoms with Crippen LogP contribution in [0.2, 0.25) is 0 Å². The molecule has 0 spiro atoms. The van der Waals surface area contributed by atoms with Crippen molar-refractivity contribution < 1.29 is 23.1 Å². The van der Waals surface area contributed by atoms with E-state index in [1.54, 1.807) is 24.3 Å². The minimum atomic E-state index is -1.04. The summed E-state index contributed by atoms with van der Waals surface area (Å²) < 4.78 is 31.1. The van der Waals surface area contributed by atoms with Gasteiger partial charge in [0.05, 0.1) is 18.9 Å². The summed E-state index contributed by atoms with van der Waals surface area (Å²) in [5.41, 5.74) is 0.735. The van der Waals surface area contributed by atoms with Crippen molar-refractivity contribution in [3.63, 3.8) is 0 Å². The zero-order chi connectivity index (χ0) is 18.0. The number of anilines is 2. The molecule has 1 saturated carbocycles. The van der Waals surface area contributed by atoms with Crippen LogP contribution < -0.4 is 15.4 Å². The molecule has 25 heavy (non-hydrogen) atoms. The van der Waals surface area contributed by atoms with Gasteiger partial charge in [-0.15, -0.1) is 0 Å². The molecule has 0 aromatic heterocycles. The lowest BCUT2D eigenvalue weighted by Crippen LogP contribution is -2.20. The maximum atomic E-state index is 13.2. The highest BCUT2D eigenvalue weighted by atomic mass is 19.2. The Morgan fingerprint density at radius 1 is 0.960 bits per heavy atom. The third-order valence-corrected chi connectivity index (χ3v) is 3.99. The van der Waals surface area contributed by atoms with Crippen LogP contribution in [0.25, 0.3) is 0 Å². The number of hydrogen-bond acceptors (Lipinski definition) is 3. The van der Waals surface area contributed by atoms with Crippen LogP contribution in [-0.4, -0.2) is 18.9 Å². The summed E-state index contributed by atoms with van der Waals surface area (Å²) in [6.07, 6.45) is 0.408. The van der Waals surface area contributed by atoms with Crippen molar-refractivity contribution in [2.75, 3.05) is 17.7 Å². The summed E-state index contributed by atoms with van der Waals surface area (Å²) in [7, 11) is 1.53. The lowest BCUT2D eigenvalue weighted by Gasteiger charge is -2.07. The molecule has 2 aromatic rings. The van der Waals surface area contributed by atoms with Gasteiger partial charge in [0, 0.05) is 23.5 Å². The first kappa shape index (κ1) is 16.9. The fraction of sp³-hybridized carbons (Fsp3) is 0.222. The zero-order valence-corrected chi connectivity index (χ0v) is 13.4. The number of carbonyl (C=O) groups is 2. The standard InChI is InChI=1S/C18H16F2N2O3/c1-25-12-4-2-3-10(7-12)21-17(23)13-9-14(13)18(24)22-11-5-6-15(19)16(20)8-11/h2-8,13-14H,9H2,1H3,(H,21,23)(H,22,24). The molecule has 0 radical (unpaired) electrons. The molecule has 7 heteroatoms. The molecule has 0 heterocycles. The van der Waals surface area contributed by atoms with Gasteiger partial charge >= 0.3 is 0 Å². The first-order valence-electron chi connectivity index (χ1n) is 7.69. The van der Waals surface area contributed by atoms with Crippen molar-refractivity contribution in [2.45, 2.75) is 6.42 Å². The van der Waals surface area contributed by atoms with E-state index in [0.29, 0.717) is 17.9 Å². The molecule has 2 N–H and O–H groups in total. The van der Waals surface area contributed by atoms with Crippen LogP contribution in [0.4, 0.5) is 20.2 Å². The third kappa shape index (κ3) is 3.93. The summed E-state index contributed by atoms with van der Waals surface area (Å²) >= 11 is 0. The van der Waals surface area contributed by atoms with E-state index in [4.69, 9.17) is 4.74 Å². The minimum absolute atomic E-state index is 0.155. The van der Waals surface area contributed by atoms with E-state index in [0.717, 1.165) is 12.1 Å². The average molecular weight is 346 g/mol. The van der Waals surface area contributed by atoms with Crippen molar-refractivity contribution >= 4 is 23.2 Å². The van der Waals surface area contributed by atoms with E-state index in [1.165, 1.54) is 13.2 Å². The van der Waals surface area contributed by atoms with Gasteiger partial charge < -0.3 is 15.4 Å². The minimum Gasteiger partial charge on any atom is -0.497 e. The molecule has 0 saturated heterocycles. The van der Waals surface area contributed by atoms with E-state index in [9.17, 15) is 18.4 Å². The SMILES string of the molecule is COc1cccc(NC(=O)C2CC2C(=O)Nc2ccc(F)c(F)c2)c1. The number of hydrogen-bond donors (Lipinski definition) is 2. The van der Waals surface area contributed by atoms with Gasteiger partial charge in [-0.2, -0.15) is 0 Å². The monoisotopic (exact) mass is 346 g/mol. The molecule has 1 aliphatic carbocycles. The number of halogens is 2. The first-order chi connectivity index (χ1) is 12.0. The molecule has 5 nitrogen and oxygen atoms in total. The first-order valence-corrected chi connectivity index (χ1v) is 7.69. The second-order valence-electron chi connectivity index (χ2n) is 5.79. The van der Waals surface area contributed by atoms with Gasteiger partial charge in [-0.1, -0.05) is 6.07 Å². The van der Waals surface area contributed by atoms with E-state index in [-0.39, 0.29) is 11.6 Å². The van der Waals surface area contributed by atoms with Crippen molar-refractivity contribution in [2.24, 2.45) is 11.8 Å². The smallest absolute Gasteiger partial charge is 0.228 e. The van der Waals surface area contributed by atoms with Crippen molar-refractivity contribution in [3.8, 4) is 5.75 Å². The molecule has 2 amide bonds. The fourth-order valence-corrected chi connectivity index (χ4v) is 2.52. The second-order valence-corrected chi connectivity index (χ2v) is 5.79. The molecule has 1 fully saturated rings. The van der Waals surface area contributed by atoms with Gasteiger partial charge in [0.15, 0.2) is 11.6 Å². The molecule has 2 atom stereocenters. The summed E-state index contributed by atoms with van der Waals surface area (Å²) in [6.45, 7) is 0. The number of carbonyl (C=O) groups excluding carboxylic acids is 2. The Balaban J connectivity index is 1.56. The lowest BCUT2D eigenvalue weighted by atomic mass is 10.2. The highest BCUT2D eigenvalue weighted by molar-refractivity contribution is 6.03. The Hall–Kier alpha value is -2.96. The Morgan fingerprint density at radius 3 is 2.20 bits per heavy atom. The molecule has 0 aliphatic heterocycles. The van der Waals surface area contributed by atoms with E-state index in [1.807, 2.05) is 0 Å². The van der Waals surface area contributed by atoms with Crippen molar-refractivity contribution in [1.29, 1.82) is 0 Å². The van der Waals surface area contributed by atoms with Crippen LogP contribution in [0.3, 0.4) is 0 Å². The third-order valence-electron chi connectivity index (χ3n) is 3.99. The van der Waals surface area contributed by atoms with Crippen LogP contribution in [0, 0.1) is 23.5 Å². The number of benzene rings is 2. The normalized spacial score (nSPS) is 18.4. The summed E-state index contributed by atoms with van der Waals surface area (Å²) in [5, 5.41) is 5.23. The topological polar surface area (TPSA) is 67.4 Å². The molecule has 1 aliphatic rings. The highest BCUT2D eigenvalue weighted by Gasteiger charge is 2.48. The highest BCUT2D eigenvalue weighted by Crippen LogP contribution is 2.40. The average Bonchev–Trinajstić information content (AvgIpc) is 3.39. The Bertz CT molecular complexity index is 826. The van der Waals surface area contributed by atoms with Crippen LogP contribution in [-0.2, 0) is 9.59 Å². The Morgan fingerprint density at radius 2 is 1.60 bits per heavy atom. The molecule has 130 valence electrons. The molecule has 3 rings (SSSR count). The number of nitrogens with one attached hydrogen (secondary N) is 2. The Labute approximate surface area is 143 Å². The maximum Gasteiger partial charge on any atom is 0.228 e. The number of ether oxygens (including phenoxy) is 1. The van der Waals surface area contributed by atoms with Crippen molar-refractivity contribution in [1.82, 2.24) is 0 Å². The van der Waals surface area contributed by atoms with Crippen LogP contribution in [0.1, 0.15) is 6.42 Å². The van der Waals surface area contributed by atoms with Gasteiger partial charge in [-0.05, 0) is 30.7 Å². The zero-order valence-electron chi connectivity index (χ0n) is 13.4. The summed E-state index contributed by atoms with van der Waals surface area (Å²) in [5.74, 6) is -3.01. The molecular weight excluding hydrogens is 330 g/mol. The van der Waals surface area contributed by atoms with Gasteiger partial charge in [0.2, 0.25) is 11.8 Å². The van der Waals surface area contributed by atoms with Crippen LogP contribution in [0.15, 0.2) is 42.5 Å². The summed E-state index contributed by atoms with van der Waals surface area (Å²) in [6, 6.07) is 10.0. The van der Waals surface area contributed by atoms with Crippen LogP contribution >= 0.6 is 0 Å². The van der Waals surface area contributed by atoms with E-state index >= 15 is 0 Å². The quantitative estimate of drug-likeness (QED) is 0.874. The van der Waals surface area contributed by atoms with Gasteiger partial charge in [-0.3, -0.25) is 9.59 Å². The van der Waals surface area contributed by atoms with Crippen LogP contribution in [0.5, 0.6) is 5.75 Å². The molecule has 2 aromatic carbocycles. The van der Waals surface area contributed by atoms with Gasteiger partial charge in [0.25, 0.3) is 0 Å². The van der Waals surface area contributed by atoms with Gasteiger partial charge in [-0.25, -0.2) is 8.78 Å². The maximum absolute atomic E-state index is 13.2. The van der Waals surface area contributed by atoms with E-state index < -0.39 is 29.4 Å². The second kappa shape index (κ2) is 6.88. The predicted molar refractivity (Wildman–Crippen MR) is 88.2 cm³/mol. The van der Waals surface area contributed by atoms with E-state index in [2.05, 4.69) is 10.6 Å². The number of rotatable bonds is 5. The molecule has 2 unspecified atom stereocenters. The lowest BCUT2D eigenvalue weighted by molar-refractivity contribution is -0.122. The number of amides is 2. The predicted octanol–water partition coefficient (Wildman–Crippen LogP) is 3.19. The fourth-order valence-electron chi connectivity index (χ4n) is 2.52. The number of methoxy groups -OCH3 is 1. The molecule has 0 bridgehead atoms. The Kier molecular flexibility index (Phi) is 4.65. The van der Waals surface area contributed by atoms with Crippen molar-refractivity contribution in [3.05, 3.63) is 54.1 Å². The molecular formula is C18H16F2N2O3. The van der Waals surface area contributed by atoms with Gasteiger partial charge in [0.1, 0.15) is 5.75 Å².